The van der Waals surface area contributed by atoms with Gasteiger partial charge in [0, 0.05) is 18.3 Å². The van der Waals surface area contributed by atoms with Crippen molar-refractivity contribution in [3.63, 3.8) is 0 Å². The molecule has 0 aliphatic carbocycles. The minimum atomic E-state index is -0.300. The number of benzene rings is 1. The fraction of sp³-hybridized carbons (Fsp3) is 0.375. The Bertz CT molecular complexity index is 560. The van der Waals surface area contributed by atoms with Gasteiger partial charge < -0.3 is 5.32 Å². The van der Waals surface area contributed by atoms with Crippen LogP contribution in [0.15, 0.2) is 42.7 Å². The topological polar surface area (TPSA) is 46.9 Å². The van der Waals surface area contributed by atoms with Crippen LogP contribution < -0.4 is 5.32 Å². The van der Waals surface area contributed by atoms with Crippen LogP contribution >= 0.6 is 0 Å². The zero-order chi connectivity index (χ0) is 14.5. The molecule has 1 aromatic carbocycles. The molecule has 0 bridgehead atoms. The van der Waals surface area contributed by atoms with Crippen molar-refractivity contribution in [1.29, 1.82) is 0 Å². The van der Waals surface area contributed by atoms with Gasteiger partial charge >= 0.3 is 0 Å². The van der Waals surface area contributed by atoms with Gasteiger partial charge in [0.1, 0.15) is 6.04 Å². The first-order valence-corrected chi connectivity index (χ1v) is 6.95. The number of carbonyl (C=O) groups excluding carboxylic acids is 1. The van der Waals surface area contributed by atoms with E-state index in [-0.39, 0.29) is 11.9 Å². The van der Waals surface area contributed by atoms with Gasteiger partial charge in [-0.3, -0.25) is 9.48 Å². The lowest BCUT2D eigenvalue weighted by atomic mass is 10.1. The molecule has 4 nitrogen and oxygen atoms in total. The van der Waals surface area contributed by atoms with Crippen molar-refractivity contribution in [3.8, 4) is 11.1 Å². The van der Waals surface area contributed by atoms with Gasteiger partial charge in [0.25, 0.3) is 0 Å². The molecule has 4 heteroatoms. The van der Waals surface area contributed by atoms with E-state index in [4.69, 9.17) is 0 Å². The number of hydrogen-bond acceptors (Lipinski definition) is 2. The molecule has 2 rings (SSSR count). The lowest BCUT2D eigenvalue weighted by Gasteiger charge is -2.13. The van der Waals surface area contributed by atoms with Crippen molar-refractivity contribution in [2.24, 2.45) is 5.92 Å². The second-order valence-electron chi connectivity index (χ2n) is 5.39. The van der Waals surface area contributed by atoms with E-state index in [2.05, 4.69) is 24.3 Å². The number of amides is 1. The molecule has 1 atom stereocenters. The van der Waals surface area contributed by atoms with Crippen LogP contribution in [0.2, 0.25) is 0 Å². The molecule has 106 valence electrons. The number of nitrogens with zero attached hydrogens (tertiary/aromatic N) is 2. The van der Waals surface area contributed by atoms with Crippen LogP contribution in [0.25, 0.3) is 11.1 Å². The first-order chi connectivity index (χ1) is 9.58. The Balaban J connectivity index is 2.07. The molecule has 1 amide bonds. The monoisotopic (exact) mass is 271 g/mol. The average molecular weight is 271 g/mol. The predicted molar refractivity (Wildman–Crippen MR) is 80.2 cm³/mol. The van der Waals surface area contributed by atoms with Crippen molar-refractivity contribution < 1.29 is 4.79 Å². The smallest absolute Gasteiger partial charge is 0.244 e. The van der Waals surface area contributed by atoms with Crippen LogP contribution in [-0.4, -0.2) is 22.2 Å². The van der Waals surface area contributed by atoms with Crippen LogP contribution in [0.3, 0.4) is 0 Å². The molecule has 0 aliphatic rings. The minimum absolute atomic E-state index is 0.00131. The van der Waals surface area contributed by atoms with E-state index < -0.39 is 0 Å². The van der Waals surface area contributed by atoms with Crippen molar-refractivity contribution >= 4 is 5.91 Å². The minimum Gasteiger partial charge on any atom is -0.354 e. The fourth-order valence-electron chi connectivity index (χ4n) is 1.90. The van der Waals surface area contributed by atoms with Crippen molar-refractivity contribution in [3.05, 3.63) is 42.7 Å². The highest BCUT2D eigenvalue weighted by atomic mass is 16.2. The Kier molecular flexibility index (Phi) is 4.56. The van der Waals surface area contributed by atoms with E-state index in [0.717, 1.165) is 11.1 Å². The molecule has 1 heterocycles. The second-order valence-corrected chi connectivity index (χ2v) is 5.39. The van der Waals surface area contributed by atoms with Gasteiger partial charge in [-0.1, -0.05) is 44.2 Å². The molecule has 1 N–H and O–H groups in total. The van der Waals surface area contributed by atoms with Gasteiger partial charge in [-0.2, -0.15) is 5.10 Å². The number of hydrogen-bond donors (Lipinski definition) is 1. The third kappa shape index (κ3) is 3.47. The van der Waals surface area contributed by atoms with E-state index in [1.807, 2.05) is 43.5 Å². The number of rotatable bonds is 5. The molecule has 1 aromatic heterocycles. The Hall–Kier alpha value is -2.10. The normalized spacial score (nSPS) is 12.4. The number of aromatic nitrogens is 2. The highest BCUT2D eigenvalue weighted by molar-refractivity contribution is 5.80. The fourth-order valence-corrected chi connectivity index (χ4v) is 1.90. The zero-order valence-electron chi connectivity index (χ0n) is 12.2. The lowest BCUT2D eigenvalue weighted by molar-refractivity contribution is -0.124. The summed E-state index contributed by atoms with van der Waals surface area (Å²) in [6.45, 7) is 6.70. The average Bonchev–Trinajstić information content (AvgIpc) is 2.94. The largest absolute Gasteiger partial charge is 0.354 e. The Morgan fingerprint density at radius 3 is 2.55 bits per heavy atom. The van der Waals surface area contributed by atoms with E-state index >= 15 is 0 Å². The van der Waals surface area contributed by atoms with Crippen molar-refractivity contribution in [2.45, 2.75) is 26.8 Å². The second kappa shape index (κ2) is 6.37. The standard InChI is InChI=1S/C16H21N3O/c1-12(2)9-17-16(20)13(3)19-11-15(10-18-19)14-7-5-4-6-8-14/h4-8,10-13H,9H2,1-3H3,(H,17,20)/t13-/m0/s1. The highest BCUT2D eigenvalue weighted by Gasteiger charge is 2.16. The predicted octanol–water partition coefficient (Wildman–Crippen LogP) is 2.88. The maximum absolute atomic E-state index is 12.0. The van der Waals surface area contributed by atoms with Crippen LogP contribution in [-0.2, 0) is 4.79 Å². The van der Waals surface area contributed by atoms with Crippen LogP contribution in [0.1, 0.15) is 26.8 Å². The molecule has 0 saturated heterocycles. The van der Waals surface area contributed by atoms with Crippen LogP contribution in [0.4, 0.5) is 0 Å². The maximum Gasteiger partial charge on any atom is 0.244 e. The van der Waals surface area contributed by atoms with Gasteiger partial charge in [0.05, 0.1) is 6.20 Å². The Labute approximate surface area is 119 Å². The van der Waals surface area contributed by atoms with E-state index in [1.54, 1.807) is 10.9 Å². The summed E-state index contributed by atoms with van der Waals surface area (Å²) in [5.74, 6) is 0.449. The molecule has 2 aromatic rings. The first kappa shape index (κ1) is 14.3. The summed E-state index contributed by atoms with van der Waals surface area (Å²) in [5.41, 5.74) is 2.13. The molecule has 0 radical (unpaired) electrons. The third-order valence-corrected chi connectivity index (χ3v) is 3.17. The third-order valence-electron chi connectivity index (χ3n) is 3.17. The lowest BCUT2D eigenvalue weighted by Crippen LogP contribution is -2.33. The van der Waals surface area contributed by atoms with Crippen molar-refractivity contribution in [1.82, 2.24) is 15.1 Å². The summed E-state index contributed by atoms with van der Waals surface area (Å²) < 4.78 is 1.71. The SMILES string of the molecule is CC(C)CNC(=O)[C@H](C)n1cc(-c2ccccc2)cn1. The molecular weight excluding hydrogens is 250 g/mol. The van der Waals surface area contributed by atoms with Gasteiger partial charge in [-0.05, 0) is 18.4 Å². The van der Waals surface area contributed by atoms with E-state index in [0.29, 0.717) is 12.5 Å². The molecule has 0 fully saturated rings. The summed E-state index contributed by atoms with van der Waals surface area (Å²) in [4.78, 5) is 12.0. The Morgan fingerprint density at radius 1 is 1.20 bits per heavy atom. The maximum atomic E-state index is 12.0. The molecule has 0 spiro atoms. The van der Waals surface area contributed by atoms with Crippen LogP contribution in [0.5, 0.6) is 0 Å². The first-order valence-electron chi connectivity index (χ1n) is 6.95. The number of nitrogens with one attached hydrogen (secondary N) is 1. The molecule has 0 unspecified atom stereocenters. The van der Waals surface area contributed by atoms with Gasteiger partial charge in [-0.15, -0.1) is 0 Å². The van der Waals surface area contributed by atoms with Gasteiger partial charge in [-0.25, -0.2) is 0 Å². The Morgan fingerprint density at radius 2 is 1.90 bits per heavy atom. The number of carbonyl (C=O) groups is 1. The summed E-state index contributed by atoms with van der Waals surface area (Å²) >= 11 is 0. The summed E-state index contributed by atoms with van der Waals surface area (Å²) in [6.07, 6.45) is 3.70. The van der Waals surface area contributed by atoms with Crippen LogP contribution in [0, 0.1) is 5.92 Å². The summed E-state index contributed by atoms with van der Waals surface area (Å²) in [7, 11) is 0. The van der Waals surface area contributed by atoms with Crippen molar-refractivity contribution in [2.75, 3.05) is 6.54 Å². The molecule has 0 aliphatic heterocycles. The molecule has 20 heavy (non-hydrogen) atoms. The van der Waals surface area contributed by atoms with E-state index in [1.165, 1.54) is 0 Å². The zero-order valence-corrected chi connectivity index (χ0v) is 12.2. The summed E-state index contributed by atoms with van der Waals surface area (Å²) in [6, 6.07) is 9.73. The highest BCUT2D eigenvalue weighted by Crippen LogP contribution is 2.19. The summed E-state index contributed by atoms with van der Waals surface area (Å²) in [5, 5.41) is 7.23. The molecular formula is C16H21N3O. The van der Waals surface area contributed by atoms with Gasteiger partial charge in [0.15, 0.2) is 0 Å². The van der Waals surface area contributed by atoms with E-state index in [9.17, 15) is 4.79 Å². The van der Waals surface area contributed by atoms with Gasteiger partial charge in [0.2, 0.25) is 5.91 Å². The molecule has 0 saturated carbocycles. The quantitative estimate of drug-likeness (QED) is 0.909.